The summed E-state index contributed by atoms with van der Waals surface area (Å²) in [5.41, 5.74) is 2.23. The maximum atomic E-state index is 9.02. The van der Waals surface area contributed by atoms with Gasteiger partial charge in [-0.05, 0) is 50.8 Å². The molecule has 0 saturated heterocycles. The summed E-state index contributed by atoms with van der Waals surface area (Å²) in [6, 6.07) is 4.47. The zero-order valence-electron chi connectivity index (χ0n) is 11.6. The molecule has 0 aliphatic carbocycles. The van der Waals surface area contributed by atoms with Gasteiger partial charge in [0.05, 0.1) is 6.61 Å². The second-order valence-corrected chi connectivity index (χ2v) is 5.70. The summed E-state index contributed by atoms with van der Waals surface area (Å²) in [6.07, 6.45) is 2.81. The summed E-state index contributed by atoms with van der Waals surface area (Å²) < 4.78 is 5.86. The summed E-state index contributed by atoms with van der Waals surface area (Å²) >= 11 is 6.17. The van der Waals surface area contributed by atoms with E-state index in [9.17, 15) is 0 Å². The first-order chi connectivity index (χ1) is 9.11. The predicted molar refractivity (Wildman–Crippen MR) is 78.0 cm³/mol. The highest BCUT2D eigenvalue weighted by Gasteiger charge is 2.22. The van der Waals surface area contributed by atoms with Crippen LogP contribution in [0.25, 0.3) is 0 Å². The van der Waals surface area contributed by atoms with Gasteiger partial charge in [-0.3, -0.25) is 0 Å². The van der Waals surface area contributed by atoms with Crippen molar-refractivity contribution in [1.82, 2.24) is 5.32 Å². The number of hydrogen-bond donors (Lipinski definition) is 2. The first-order valence-electron chi connectivity index (χ1n) is 6.91. The van der Waals surface area contributed by atoms with Crippen molar-refractivity contribution >= 4 is 11.6 Å². The van der Waals surface area contributed by atoms with Gasteiger partial charge in [0.2, 0.25) is 0 Å². The van der Waals surface area contributed by atoms with Crippen LogP contribution in [0.5, 0.6) is 5.75 Å². The van der Waals surface area contributed by atoms with Gasteiger partial charge in [0.1, 0.15) is 5.75 Å². The van der Waals surface area contributed by atoms with E-state index in [0.29, 0.717) is 0 Å². The third-order valence-electron chi connectivity index (χ3n) is 3.57. The Kier molecular flexibility index (Phi) is 5.08. The zero-order chi connectivity index (χ0) is 13.8. The van der Waals surface area contributed by atoms with Crippen molar-refractivity contribution in [2.24, 2.45) is 0 Å². The molecule has 4 heteroatoms. The van der Waals surface area contributed by atoms with Crippen molar-refractivity contribution in [3.8, 4) is 5.75 Å². The highest BCUT2D eigenvalue weighted by atomic mass is 35.5. The van der Waals surface area contributed by atoms with Gasteiger partial charge in [-0.25, -0.2) is 0 Å². The number of aliphatic hydroxyl groups excluding tert-OH is 1. The molecule has 106 valence electrons. The van der Waals surface area contributed by atoms with Crippen molar-refractivity contribution in [1.29, 1.82) is 0 Å². The number of rotatable bonds is 4. The molecule has 1 aromatic carbocycles. The van der Waals surface area contributed by atoms with E-state index in [-0.39, 0.29) is 18.7 Å². The number of halogens is 1. The Labute approximate surface area is 119 Å². The van der Waals surface area contributed by atoms with E-state index >= 15 is 0 Å². The van der Waals surface area contributed by atoms with Crippen molar-refractivity contribution in [2.75, 3.05) is 13.2 Å². The molecule has 1 heterocycles. The molecule has 0 amide bonds. The van der Waals surface area contributed by atoms with Gasteiger partial charge in [-0.2, -0.15) is 0 Å². The standard InChI is InChI=1S/C15H22ClNO2/c1-10-8-12(16)9-13-14(17-11(2)5-6-18)4-3-7-19-15(10)13/h8-9,11,14,17-18H,3-7H2,1-2H3/t11-,14?/m1/s1. The summed E-state index contributed by atoms with van der Waals surface area (Å²) in [5, 5.41) is 13.3. The molecule has 1 aliphatic heterocycles. The molecular weight excluding hydrogens is 262 g/mol. The summed E-state index contributed by atoms with van der Waals surface area (Å²) in [4.78, 5) is 0. The Morgan fingerprint density at radius 2 is 2.32 bits per heavy atom. The van der Waals surface area contributed by atoms with Crippen molar-refractivity contribution in [3.63, 3.8) is 0 Å². The van der Waals surface area contributed by atoms with Crippen LogP contribution in [0.4, 0.5) is 0 Å². The minimum absolute atomic E-state index is 0.207. The lowest BCUT2D eigenvalue weighted by Gasteiger charge is -2.23. The van der Waals surface area contributed by atoms with Crippen LogP contribution in [0.3, 0.4) is 0 Å². The Balaban J connectivity index is 2.26. The zero-order valence-corrected chi connectivity index (χ0v) is 12.3. The van der Waals surface area contributed by atoms with Gasteiger partial charge in [-0.15, -0.1) is 0 Å². The number of nitrogens with one attached hydrogen (secondary N) is 1. The molecule has 0 radical (unpaired) electrons. The maximum absolute atomic E-state index is 9.02. The average Bonchev–Trinajstić information content (AvgIpc) is 2.53. The number of benzene rings is 1. The van der Waals surface area contributed by atoms with Crippen LogP contribution < -0.4 is 10.1 Å². The lowest BCUT2D eigenvalue weighted by Crippen LogP contribution is -2.31. The van der Waals surface area contributed by atoms with Gasteiger partial charge in [0, 0.05) is 29.3 Å². The van der Waals surface area contributed by atoms with E-state index < -0.39 is 0 Å². The molecule has 0 spiro atoms. The summed E-state index contributed by atoms with van der Waals surface area (Å²) in [5.74, 6) is 0.968. The molecule has 0 aromatic heterocycles. The molecule has 0 fully saturated rings. The van der Waals surface area contributed by atoms with Crippen LogP contribution in [0.1, 0.15) is 43.4 Å². The highest BCUT2D eigenvalue weighted by Crippen LogP contribution is 2.36. The molecule has 2 N–H and O–H groups in total. The number of aryl methyl sites for hydroxylation is 1. The van der Waals surface area contributed by atoms with Crippen molar-refractivity contribution < 1.29 is 9.84 Å². The molecule has 1 unspecified atom stereocenters. The van der Waals surface area contributed by atoms with Gasteiger partial charge in [-0.1, -0.05) is 11.6 Å². The molecule has 1 aromatic rings. The highest BCUT2D eigenvalue weighted by molar-refractivity contribution is 6.30. The fourth-order valence-electron chi connectivity index (χ4n) is 2.62. The third-order valence-corrected chi connectivity index (χ3v) is 3.79. The van der Waals surface area contributed by atoms with Gasteiger partial charge in [0.15, 0.2) is 0 Å². The van der Waals surface area contributed by atoms with E-state index in [0.717, 1.165) is 47.8 Å². The van der Waals surface area contributed by atoms with E-state index in [1.807, 2.05) is 19.1 Å². The van der Waals surface area contributed by atoms with Gasteiger partial charge < -0.3 is 15.2 Å². The second kappa shape index (κ2) is 6.60. The van der Waals surface area contributed by atoms with E-state index in [2.05, 4.69) is 12.2 Å². The lowest BCUT2D eigenvalue weighted by molar-refractivity contribution is 0.261. The van der Waals surface area contributed by atoms with Crippen LogP contribution in [0.2, 0.25) is 5.02 Å². The normalized spacial score (nSPS) is 20.3. The number of aliphatic hydroxyl groups is 1. The van der Waals surface area contributed by atoms with Crippen LogP contribution in [-0.4, -0.2) is 24.4 Å². The van der Waals surface area contributed by atoms with E-state index in [1.165, 1.54) is 0 Å². The van der Waals surface area contributed by atoms with Crippen molar-refractivity contribution in [3.05, 3.63) is 28.3 Å². The largest absolute Gasteiger partial charge is 0.493 e. The first kappa shape index (κ1) is 14.6. The Morgan fingerprint density at radius 3 is 3.05 bits per heavy atom. The van der Waals surface area contributed by atoms with E-state index in [4.69, 9.17) is 21.4 Å². The van der Waals surface area contributed by atoms with Crippen LogP contribution >= 0.6 is 11.6 Å². The summed E-state index contributed by atoms with van der Waals surface area (Å²) in [6.45, 7) is 5.09. The number of hydrogen-bond acceptors (Lipinski definition) is 3. The maximum Gasteiger partial charge on any atom is 0.127 e. The molecule has 0 bridgehead atoms. The third kappa shape index (κ3) is 3.62. The lowest BCUT2D eigenvalue weighted by atomic mass is 9.98. The van der Waals surface area contributed by atoms with E-state index in [1.54, 1.807) is 0 Å². The molecule has 0 saturated carbocycles. The Hall–Kier alpha value is -0.770. The Bertz CT molecular complexity index is 436. The minimum Gasteiger partial charge on any atom is -0.493 e. The van der Waals surface area contributed by atoms with Gasteiger partial charge >= 0.3 is 0 Å². The van der Waals surface area contributed by atoms with Crippen molar-refractivity contribution in [2.45, 2.75) is 45.2 Å². The SMILES string of the molecule is Cc1cc(Cl)cc2c1OCCCC2N[C@H](C)CCO. The van der Waals surface area contributed by atoms with Crippen LogP contribution in [-0.2, 0) is 0 Å². The second-order valence-electron chi connectivity index (χ2n) is 5.26. The predicted octanol–water partition coefficient (Wildman–Crippen LogP) is 3.22. The minimum atomic E-state index is 0.207. The van der Waals surface area contributed by atoms with Gasteiger partial charge in [0.25, 0.3) is 0 Å². The molecular formula is C15H22ClNO2. The number of ether oxygens (including phenoxy) is 1. The molecule has 3 nitrogen and oxygen atoms in total. The smallest absolute Gasteiger partial charge is 0.127 e. The molecule has 1 aliphatic rings. The summed E-state index contributed by atoms with van der Waals surface area (Å²) in [7, 11) is 0. The van der Waals surface area contributed by atoms with Crippen LogP contribution in [0, 0.1) is 6.92 Å². The molecule has 19 heavy (non-hydrogen) atoms. The Morgan fingerprint density at radius 1 is 1.53 bits per heavy atom. The monoisotopic (exact) mass is 283 g/mol. The molecule has 2 rings (SSSR count). The fraction of sp³-hybridized carbons (Fsp3) is 0.600. The topological polar surface area (TPSA) is 41.5 Å². The fourth-order valence-corrected chi connectivity index (χ4v) is 2.90. The molecule has 2 atom stereocenters. The number of fused-ring (bicyclic) bond motifs is 1. The first-order valence-corrected chi connectivity index (χ1v) is 7.29. The average molecular weight is 284 g/mol. The van der Waals surface area contributed by atoms with Crippen LogP contribution in [0.15, 0.2) is 12.1 Å². The quantitative estimate of drug-likeness (QED) is 0.891.